The number of rotatable bonds is 5. The zero-order valence-corrected chi connectivity index (χ0v) is 13.8. The third-order valence-corrected chi connectivity index (χ3v) is 5.06. The molecule has 0 radical (unpaired) electrons. The Balaban J connectivity index is 2.09. The zero-order valence-electron chi connectivity index (χ0n) is 13.0. The number of amides is 1. The van der Waals surface area contributed by atoms with Gasteiger partial charge in [0.1, 0.15) is 6.54 Å². The second-order valence-corrected chi connectivity index (χ2v) is 6.67. The summed E-state index contributed by atoms with van der Waals surface area (Å²) in [6.07, 6.45) is 3.32. The summed E-state index contributed by atoms with van der Waals surface area (Å²) in [5.41, 5.74) is 1.31. The fraction of sp³-hybridized carbons (Fsp3) is 0.625. The van der Waals surface area contributed by atoms with Crippen molar-refractivity contribution in [1.29, 1.82) is 0 Å². The van der Waals surface area contributed by atoms with Gasteiger partial charge >= 0.3 is 5.97 Å². The number of likely N-dealkylation sites (N-methyl/N-ethyl adjacent to an activating group) is 1. The maximum atomic E-state index is 12.5. The Hall–Kier alpha value is -1.36. The van der Waals surface area contributed by atoms with Crippen LogP contribution < -0.4 is 0 Å². The molecule has 1 amide bonds. The van der Waals surface area contributed by atoms with E-state index in [1.165, 1.54) is 16.9 Å². The number of nitrogens with zero attached hydrogens (tertiary/aromatic N) is 1. The van der Waals surface area contributed by atoms with Crippen molar-refractivity contribution >= 4 is 23.2 Å². The highest BCUT2D eigenvalue weighted by Gasteiger charge is 2.24. The van der Waals surface area contributed by atoms with Gasteiger partial charge in [-0.25, -0.2) is 0 Å². The molecule has 0 spiro atoms. The van der Waals surface area contributed by atoms with Crippen LogP contribution in [0.2, 0.25) is 0 Å². The molecule has 1 unspecified atom stereocenters. The van der Waals surface area contributed by atoms with E-state index in [1.807, 2.05) is 13.0 Å². The molecule has 0 aliphatic heterocycles. The number of hydrogen-bond acceptors (Lipinski definition) is 4. The van der Waals surface area contributed by atoms with Crippen LogP contribution in [-0.2, 0) is 22.4 Å². The van der Waals surface area contributed by atoms with E-state index in [1.54, 1.807) is 23.2 Å². The Morgan fingerprint density at radius 2 is 2.19 bits per heavy atom. The van der Waals surface area contributed by atoms with Gasteiger partial charge in [0.25, 0.3) is 5.91 Å². The van der Waals surface area contributed by atoms with Gasteiger partial charge < -0.3 is 9.64 Å². The minimum atomic E-state index is -0.345. The Morgan fingerprint density at radius 3 is 2.86 bits per heavy atom. The molecular weight excluding hydrogens is 286 g/mol. The van der Waals surface area contributed by atoms with Crippen LogP contribution in [0.5, 0.6) is 0 Å². The van der Waals surface area contributed by atoms with Gasteiger partial charge in [0.05, 0.1) is 11.5 Å². The molecule has 1 atom stereocenters. The van der Waals surface area contributed by atoms with Crippen molar-refractivity contribution in [3.63, 3.8) is 0 Å². The lowest BCUT2D eigenvalue weighted by Crippen LogP contribution is -2.35. The summed E-state index contributed by atoms with van der Waals surface area (Å²) in [6.45, 7) is 6.78. The third kappa shape index (κ3) is 3.84. The van der Waals surface area contributed by atoms with E-state index >= 15 is 0 Å². The number of hydrogen-bond donors (Lipinski definition) is 0. The lowest BCUT2D eigenvalue weighted by molar-refractivity contribution is -0.143. The van der Waals surface area contributed by atoms with Crippen LogP contribution in [-0.4, -0.2) is 36.5 Å². The molecule has 0 saturated carbocycles. The third-order valence-electron chi connectivity index (χ3n) is 3.83. The molecule has 1 aliphatic rings. The van der Waals surface area contributed by atoms with Crippen LogP contribution in [0.25, 0.3) is 0 Å². The SMILES string of the molecule is CCOC(=O)CN(CC)C(=O)c1cc2c(s1)CCC(C)C2. The fourth-order valence-electron chi connectivity index (χ4n) is 2.66. The fourth-order valence-corrected chi connectivity index (χ4v) is 3.83. The highest BCUT2D eigenvalue weighted by Crippen LogP contribution is 2.32. The number of carbonyl (C=O) groups excluding carboxylic acids is 2. The normalized spacial score (nSPS) is 17.2. The highest BCUT2D eigenvalue weighted by atomic mass is 32.1. The van der Waals surface area contributed by atoms with Gasteiger partial charge in [0.15, 0.2) is 0 Å². The average molecular weight is 309 g/mol. The molecule has 21 heavy (non-hydrogen) atoms. The Kier molecular flexibility index (Phi) is 5.39. The Morgan fingerprint density at radius 1 is 1.43 bits per heavy atom. The standard InChI is InChI=1S/C16H23NO3S/c1-4-17(10-15(18)20-5-2)16(19)14-9-12-8-11(3)6-7-13(12)21-14/h9,11H,4-8,10H2,1-3H3. The van der Waals surface area contributed by atoms with Gasteiger partial charge in [0.2, 0.25) is 0 Å². The monoisotopic (exact) mass is 309 g/mol. The molecule has 4 nitrogen and oxygen atoms in total. The van der Waals surface area contributed by atoms with E-state index in [-0.39, 0.29) is 18.4 Å². The summed E-state index contributed by atoms with van der Waals surface area (Å²) in [5, 5.41) is 0. The van der Waals surface area contributed by atoms with Crippen molar-refractivity contribution in [2.24, 2.45) is 5.92 Å². The van der Waals surface area contributed by atoms with E-state index in [0.717, 1.165) is 17.7 Å². The number of thiophene rings is 1. The number of ether oxygens (including phenoxy) is 1. The molecule has 0 aromatic carbocycles. The second-order valence-electron chi connectivity index (χ2n) is 5.53. The maximum Gasteiger partial charge on any atom is 0.325 e. The molecule has 0 bridgehead atoms. The first-order valence-corrected chi connectivity index (χ1v) is 8.43. The first-order valence-electron chi connectivity index (χ1n) is 7.61. The van der Waals surface area contributed by atoms with Crippen molar-refractivity contribution in [1.82, 2.24) is 4.90 Å². The zero-order chi connectivity index (χ0) is 15.4. The van der Waals surface area contributed by atoms with Crippen LogP contribution in [0, 0.1) is 5.92 Å². The van der Waals surface area contributed by atoms with Crippen LogP contribution >= 0.6 is 11.3 Å². The van der Waals surface area contributed by atoms with E-state index in [9.17, 15) is 9.59 Å². The van der Waals surface area contributed by atoms with Crippen molar-refractivity contribution in [3.8, 4) is 0 Å². The summed E-state index contributed by atoms with van der Waals surface area (Å²) < 4.78 is 4.93. The van der Waals surface area contributed by atoms with Gasteiger partial charge in [-0.05, 0) is 50.7 Å². The van der Waals surface area contributed by atoms with Crippen LogP contribution in [0.4, 0.5) is 0 Å². The smallest absolute Gasteiger partial charge is 0.325 e. The van der Waals surface area contributed by atoms with Crippen LogP contribution in [0.15, 0.2) is 6.07 Å². The highest BCUT2D eigenvalue weighted by molar-refractivity contribution is 7.14. The van der Waals surface area contributed by atoms with Crippen LogP contribution in [0.3, 0.4) is 0 Å². The largest absolute Gasteiger partial charge is 0.465 e. The van der Waals surface area contributed by atoms with Crippen LogP contribution in [0.1, 0.15) is 47.3 Å². The number of carbonyl (C=O) groups is 2. The molecule has 2 rings (SSSR count). The lowest BCUT2D eigenvalue weighted by Gasteiger charge is -2.18. The predicted octanol–water partition coefficient (Wildman–Crippen LogP) is 2.90. The molecule has 1 aromatic rings. The van der Waals surface area contributed by atoms with Gasteiger partial charge in [0, 0.05) is 11.4 Å². The first kappa shape index (κ1) is 16.0. The topological polar surface area (TPSA) is 46.6 Å². The molecule has 0 fully saturated rings. The molecular formula is C16H23NO3S. The summed E-state index contributed by atoms with van der Waals surface area (Å²) in [6, 6.07) is 2.02. The second kappa shape index (κ2) is 7.07. The van der Waals surface area contributed by atoms with Crippen molar-refractivity contribution in [3.05, 3.63) is 21.4 Å². The van der Waals surface area contributed by atoms with Gasteiger partial charge in [-0.1, -0.05) is 6.92 Å². The van der Waals surface area contributed by atoms with Crippen molar-refractivity contribution in [2.45, 2.75) is 40.0 Å². The molecule has 1 heterocycles. The molecule has 0 saturated heterocycles. The average Bonchev–Trinajstić information content (AvgIpc) is 2.87. The summed E-state index contributed by atoms with van der Waals surface area (Å²) in [7, 11) is 0. The van der Waals surface area contributed by atoms with Crippen molar-refractivity contribution in [2.75, 3.05) is 19.7 Å². The summed E-state index contributed by atoms with van der Waals surface area (Å²) >= 11 is 1.59. The minimum Gasteiger partial charge on any atom is -0.465 e. The maximum absolute atomic E-state index is 12.5. The quantitative estimate of drug-likeness (QED) is 0.786. The van der Waals surface area contributed by atoms with E-state index in [4.69, 9.17) is 4.74 Å². The van der Waals surface area contributed by atoms with Gasteiger partial charge in [-0.3, -0.25) is 9.59 Å². The van der Waals surface area contributed by atoms with E-state index < -0.39 is 0 Å². The predicted molar refractivity (Wildman–Crippen MR) is 83.7 cm³/mol. The minimum absolute atomic E-state index is 0.0299. The molecule has 1 aromatic heterocycles. The molecule has 1 aliphatic carbocycles. The first-order chi connectivity index (χ1) is 10.0. The number of fused-ring (bicyclic) bond motifs is 1. The molecule has 116 valence electrons. The molecule has 0 N–H and O–H groups in total. The van der Waals surface area contributed by atoms with Gasteiger partial charge in [-0.15, -0.1) is 11.3 Å². The number of aryl methyl sites for hydroxylation is 1. The van der Waals surface area contributed by atoms with Crippen molar-refractivity contribution < 1.29 is 14.3 Å². The lowest BCUT2D eigenvalue weighted by atomic mass is 9.90. The summed E-state index contributed by atoms with van der Waals surface area (Å²) in [5.74, 6) is 0.289. The molecule has 5 heteroatoms. The Bertz CT molecular complexity index is 524. The Labute approximate surface area is 130 Å². The number of esters is 1. The van der Waals surface area contributed by atoms with E-state index in [0.29, 0.717) is 19.1 Å². The van der Waals surface area contributed by atoms with E-state index in [2.05, 4.69) is 6.92 Å². The van der Waals surface area contributed by atoms with Gasteiger partial charge in [-0.2, -0.15) is 0 Å². The summed E-state index contributed by atoms with van der Waals surface area (Å²) in [4.78, 5) is 27.8.